The molecule has 13 heteroatoms. The molecule has 0 atom stereocenters. The summed E-state index contributed by atoms with van der Waals surface area (Å²) in [5.74, 6) is -1.13. The second-order valence-corrected chi connectivity index (χ2v) is 14.4. The zero-order chi connectivity index (χ0) is 26.9. The van der Waals surface area contributed by atoms with Crippen molar-refractivity contribution >= 4 is 96.4 Å². The fourth-order valence-electron chi connectivity index (χ4n) is 4.58. The number of alkyl halides is 1. The van der Waals surface area contributed by atoms with Crippen LogP contribution < -0.4 is 20.2 Å². The third kappa shape index (κ3) is 5.99. The molecule has 1 saturated carbocycles. The van der Waals surface area contributed by atoms with Gasteiger partial charge in [-0.25, -0.2) is 0 Å². The second-order valence-electron chi connectivity index (χ2n) is 9.03. The summed E-state index contributed by atoms with van der Waals surface area (Å²) in [4.78, 5) is 52.7. The molecule has 1 amide bonds. The molecule has 3 heterocycles. The number of carboxylic acids is 1. The van der Waals surface area contributed by atoms with Gasteiger partial charge in [0.25, 0.3) is 16.2 Å². The van der Waals surface area contributed by atoms with E-state index in [1.807, 2.05) is 24.5 Å². The van der Waals surface area contributed by atoms with Crippen LogP contribution in [0.4, 0.5) is 0 Å². The number of carboxylic acid groups (broad SMARTS) is 1. The fraction of sp³-hybridized carbons (Fsp3) is 0.542. The Hall–Kier alpha value is -1.29. The normalized spacial score (nSPS) is 23.3. The Morgan fingerprint density at radius 1 is 1.11 bits per heavy atom. The lowest BCUT2D eigenvalue weighted by Gasteiger charge is -2.22. The van der Waals surface area contributed by atoms with Gasteiger partial charge in [0.1, 0.15) is 30.4 Å². The van der Waals surface area contributed by atoms with E-state index in [1.165, 1.54) is 20.8 Å². The van der Waals surface area contributed by atoms with Crippen LogP contribution in [0, 0.1) is 15.2 Å². The molecule has 0 bridgehead atoms. The summed E-state index contributed by atoms with van der Waals surface area (Å²) in [5, 5.41) is 10.5. The molecule has 0 radical (unpaired) electrons. The molecule has 0 unspecified atom stereocenters. The Kier molecular flexibility index (Phi) is 9.52. The molecule has 2 fully saturated rings. The van der Waals surface area contributed by atoms with Crippen molar-refractivity contribution in [3.05, 3.63) is 39.1 Å². The first-order chi connectivity index (χ1) is 17.7. The molecule has 2 aromatic heterocycles. The molecule has 2 aromatic rings. The molecular formula is C24H28IN3O5S4. The SMILES string of the molecule is CCCCn1/c(=c2\sc(=CC3CCC(I)CC3)c(=O)n2CC(=O)O)sc(=O)/c1=C1\SC(=S)C(=O)N1CC. The van der Waals surface area contributed by atoms with Gasteiger partial charge in [-0.05, 0) is 44.9 Å². The minimum Gasteiger partial charge on any atom is -0.480 e. The van der Waals surface area contributed by atoms with Crippen molar-refractivity contribution in [2.24, 2.45) is 5.92 Å². The number of thiocarbonyl (C=S) groups is 1. The highest BCUT2D eigenvalue weighted by Crippen LogP contribution is 2.31. The summed E-state index contributed by atoms with van der Waals surface area (Å²) in [6.07, 6.45) is 7.84. The molecular weight excluding hydrogens is 665 g/mol. The monoisotopic (exact) mass is 693 g/mol. The number of carbonyl (C=O) groups excluding carboxylic acids is 1. The van der Waals surface area contributed by atoms with E-state index in [0.717, 1.165) is 61.6 Å². The number of hydrogen-bond acceptors (Lipinski definition) is 8. The first-order valence-corrected chi connectivity index (χ1v) is 16.4. The summed E-state index contributed by atoms with van der Waals surface area (Å²) in [7, 11) is 0. The molecule has 1 aliphatic heterocycles. The van der Waals surface area contributed by atoms with Gasteiger partial charge in [-0.2, -0.15) is 0 Å². The van der Waals surface area contributed by atoms with Crippen LogP contribution in [-0.2, 0) is 22.7 Å². The minimum absolute atomic E-state index is 0.197. The van der Waals surface area contributed by atoms with Gasteiger partial charge in [0.15, 0.2) is 0 Å². The Balaban J connectivity index is 2.08. The van der Waals surface area contributed by atoms with Crippen molar-refractivity contribution in [3.8, 4) is 0 Å². The average Bonchev–Trinajstić information content (AvgIpc) is 3.44. The molecule has 2 aliphatic rings. The van der Waals surface area contributed by atoms with E-state index in [1.54, 1.807) is 0 Å². The number of aromatic nitrogens is 2. The van der Waals surface area contributed by atoms with Crippen LogP contribution in [0.2, 0.25) is 0 Å². The first kappa shape index (κ1) is 28.7. The lowest BCUT2D eigenvalue weighted by molar-refractivity contribution is -0.137. The quantitative estimate of drug-likeness (QED) is 0.271. The van der Waals surface area contributed by atoms with Crippen LogP contribution in [0.5, 0.6) is 0 Å². The van der Waals surface area contributed by atoms with Crippen LogP contribution >= 0.6 is 69.2 Å². The zero-order valence-corrected chi connectivity index (χ0v) is 26.0. The number of thiazole rings is 2. The number of carbonyl (C=O) groups is 2. The highest BCUT2D eigenvalue weighted by Gasteiger charge is 2.33. The number of aliphatic carboxylic acids is 1. The summed E-state index contributed by atoms with van der Waals surface area (Å²) in [6, 6.07) is 0. The molecule has 1 N–H and O–H groups in total. The second kappa shape index (κ2) is 12.3. The maximum absolute atomic E-state index is 13.4. The third-order valence-electron chi connectivity index (χ3n) is 6.48. The number of amides is 1. The van der Waals surface area contributed by atoms with Gasteiger partial charge in [0, 0.05) is 17.0 Å². The highest BCUT2D eigenvalue weighted by molar-refractivity contribution is 14.1. The molecule has 37 heavy (non-hydrogen) atoms. The number of rotatable bonds is 7. The van der Waals surface area contributed by atoms with E-state index in [-0.39, 0.29) is 26.3 Å². The van der Waals surface area contributed by atoms with E-state index in [2.05, 4.69) is 22.6 Å². The molecule has 1 saturated heterocycles. The van der Waals surface area contributed by atoms with E-state index in [9.17, 15) is 24.3 Å². The molecule has 1 aliphatic carbocycles. The van der Waals surface area contributed by atoms with Crippen molar-refractivity contribution in [1.29, 1.82) is 0 Å². The third-order valence-corrected chi connectivity index (χ3v) is 11.4. The van der Waals surface area contributed by atoms with Crippen molar-refractivity contribution in [1.82, 2.24) is 14.0 Å². The number of unbranched alkanes of at least 4 members (excludes halogenated alkanes) is 1. The van der Waals surface area contributed by atoms with Gasteiger partial charge in [0.05, 0.1) is 4.53 Å². The van der Waals surface area contributed by atoms with Crippen LogP contribution in [-0.4, -0.2) is 45.7 Å². The Bertz CT molecular complexity index is 1560. The Morgan fingerprint density at radius 2 is 1.78 bits per heavy atom. The van der Waals surface area contributed by atoms with E-state index in [0.29, 0.717) is 41.3 Å². The van der Waals surface area contributed by atoms with Crippen LogP contribution in [0.1, 0.15) is 52.4 Å². The minimum atomic E-state index is -1.12. The predicted octanol–water partition coefficient (Wildman–Crippen LogP) is 3.07. The van der Waals surface area contributed by atoms with E-state index in [4.69, 9.17) is 12.2 Å². The Morgan fingerprint density at radius 3 is 2.41 bits per heavy atom. The number of nitrogens with zero attached hydrogens (tertiary/aromatic N) is 3. The summed E-state index contributed by atoms with van der Waals surface area (Å²) in [5.41, 5.74) is -0.335. The topological polar surface area (TPSA) is 102 Å². The van der Waals surface area contributed by atoms with Gasteiger partial charge >= 0.3 is 5.97 Å². The van der Waals surface area contributed by atoms with Gasteiger partial charge in [-0.15, -0.1) is 11.3 Å². The zero-order valence-electron chi connectivity index (χ0n) is 20.5. The lowest BCUT2D eigenvalue weighted by atomic mass is 9.89. The average molecular weight is 694 g/mol. The van der Waals surface area contributed by atoms with Crippen LogP contribution in [0.3, 0.4) is 0 Å². The summed E-state index contributed by atoms with van der Waals surface area (Å²) >= 11 is 11.1. The van der Waals surface area contributed by atoms with Crippen molar-refractivity contribution in [3.63, 3.8) is 0 Å². The van der Waals surface area contributed by atoms with Crippen molar-refractivity contribution < 1.29 is 14.7 Å². The van der Waals surface area contributed by atoms with Gasteiger partial charge in [-0.1, -0.05) is 77.3 Å². The first-order valence-electron chi connectivity index (χ1n) is 12.3. The number of halogens is 1. The lowest BCUT2D eigenvalue weighted by Crippen LogP contribution is -2.36. The smallest absolute Gasteiger partial charge is 0.323 e. The summed E-state index contributed by atoms with van der Waals surface area (Å²) in [6.45, 7) is 4.27. The highest BCUT2D eigenvalue weighted by atomic mass is 127. The van der Waals surface area contributed by atoms with Gasteiger partial charge in [-0.3, -0.25) is 28.6 Å². The van der Waals surface area contributed by atoms with Gasteiger partial charge < -0.3 is 9.67 Å². The molecule has 0 aromatic carbocycles. The molecule has 200 valence electrons. The molecule has 0 spiro atoms. The maximum Gasteiger partial charge on any atom is 0.323 e. The fourth-order valence-corrected chi connectivity index (χ4v) is 9.04. The van der Waals surface area contributed by atoms with Crippen molar-refractivity contribution in [2.45, 2.75) is 69.4 Å². The Labute approximate surface area is 244 Å². The molecule has 4 rings (SSSR count). The molecule has 8 nitrogen and oxygen atoms in total. The largest absolute Gasteiger partial charge is 0.480 e. The van der Waals surface area contributed by atoms with Gasteiger partial charge in [0.2, 0.25) is 0 Å². The maximum atomic E-state index is 13.4. The van der Waals surface area contributed by atoms with E-state index < -0.39 is 12.5 Å². The number of thioether (sulfide) groups is 1. The standard InChI is InChI=1S/C24H28IN3O5S4/c1-3-5-10-27-17(20-26(4-2)19(32)24(34)37-20)23(33)36-21(27)22-28(12-16(29)30)18(31)15(35-22)11-13-6-8-14(25)9-7-13/h11,13-14H,3-10,12H2,1-2H3,(H,29,30)/b15-11?,20-17+,22-21+. The number of hydrogen-bond donors (Lipinski definition) is 1. The van der Waals surface area contributed by atoms with E-state index >= 15 is 0 Å². The van der Waals surface area contributed by atoms with Crippen LogP contribution in [0.15, 0.2) is 9.59 Å². The van der Waals surface area contributed by atoms with Crippen LogP contribution in [0.25, 0.3) is 11.1 Å². The van der Waals surface area contributed by atoms with Crippen molar-refractivity contribution in [2.75, 3.05) is 6.54 Å². The summed E-state index contributed by atoms with van der Waals surface area (Å²) < 4.78 is 5.27. The predicted molar refractivity (Wildman–Crippen MR) is 162 cm³/mol.